The van der Waals surface area contributed by atoms with E-state index in [1.54, 1.807) is 36.4 Å². The number of carbonyl (C=O) groups is 2. The van der Waals surface area contributed by atoms with Crippen molar-refractivity contribution in [1.29, 1.82) is 0 Å². The summed E-state index contributed by atoms with van der Waals surface area (Å²) in [4.78, 5) is 36.0. The molecule has 0 radical (unpaired) electrons. The summed E-state index contributed by atoms with van der Waals surface area (Å²) in [6, 6.07) is 16.5. The number of benzene rings is 3. The van der Waals surface area contributed by atoms with Crippen LogP contribution < -0.4 is 5.32 Å². The normalized spacial score (nSPS) is 10.4. The van der Waals surface area contributed by atoms with E-state index < -0.39 is 16.6 Å². The van der Waals surface area contributed by atoms with E-state index in [1.165, 1.54) is 24.3 Å². The predicted octanol–water partition coefficient (Wildman–Crippen LogP) is 5.38. The summed E-state index contributed by atoms with van der Waals surface area (Å²) >= 11 is 12.0. The van der Waals surface area contributed by atoms with Gasteiger partial charge in [0.2, 0.25) is 0 Å². The first-order valence-electron chi connectivity index (χ1n) is 8.02. The molecule has 3 rings (SSSR count). The molecule has 0 atom stereocenters. The molecule has 3 aromatic carbocycles. The SMILES string of the molecule is O=C(c1ccccc1)c1cc([N+](=O)[O-])ccc1NC(=O)c1cccc(Cl)c1Cl. The van der Waals surface area contributed by atoms with Crippen LogP contribution in [0.5, 0.6) is 0 Å². The molecule has 1 amide bonds. The molecule has 6 nitrogen and oxygen atoms in total. The summed E-state index contributed by atoms with van der Waals surface area (Å²) in [5.74, 6) is -1.06. The highest BCUT2D eigenvalue weighted by molar-refractivity contribution is 6.44. The van der Waals surface area contributed by atoms with Crippen LogP contribution in [-0.4, -0.2) is 16.6 Å². The summed E-state index contributed by atoms with van der Waals surface area (Å²) in [6.07, 6.45) is 0. The summed E-state index contributed by atoms with van der Waals surface area (Å²) < 4.78 is 0. The first-order valence-corrected chi connectivity index (χ1v) is 8.77. The average Bonchev–Trinajstić information content (AvgIpc) is 2.70. The van der Waals surface area contributed by atoms with Gasteiger partial charge in [-0.25, -0.2) is 0 Å². The smallest absolute Gasteiger partial charge is 0.270 e. The second-order valence-corrected chi connectivity index (χ2v) is 6.52. The van der Waals surface area contributed by atoms with Gasteiger partial charge in [0, 0.05) is 17.7 Å². The summed E-state index contributed by atoms with van der Waals surface area (Å²) in [7, 11) is 0. The highest BCUT2D eigenvalue weighted by Gasteiger charge is 2.21. The monoisotopic (exact) mass is 414 g/mol. The second-order valence-electron chi connectivity index (χ2n) is 5.74. The van der Waals surface area contributed by atoms with Crippen LogP contribution in [0.1, 0.15) is 26.3 Å². The van der Waals surface area contributed by atoms with Gasteiger partial charge in [-0.05, 0) is 18.2 Å². The van der Waals surface area contributed by atoms with Gasteiger partial charge in [0.15, 0.2) is 5.78 Å². The number of non-ortho nitro benzene ring substituents is 1. The molecule has 0 aliphatic heterocycles. The number of nitro groups is 1. The minimum Gasteiger partial charge on any atom is -0.321 e. The van der Waals surface area contributed by atoms with Gasteiger partial charge in [-0.2, -0.15) is 0 Å². The second kappa shape index (κ2) is 8.21. The van der Waals surface area contributed by atoms with Gasteiger partial charge in [0.05, 0.1) is 31.8 Å². The van der Waals surface area contributed by atoms with Crippen LogP contribution in [0.15, 0.2) is 66.7 Å². The zero-order chi connectivity index (χ0) is 20.3. The third-order valence-electron chi connectivity index (χ3n) is 3.94. The van der Waals surface area contributed by atoms with Crippen LogP contribution in [-0.2, 0) is 0 Å². The maximum absolute atomic E-state index is 12.9. The number of anilines is 1. The van der Waals surface area contributed by atoms with Gasteiger partial charge in [0.1, 0.15) is 0 Å². The van der Waals surface area contributed by atoms with Crippen LogP contribution in [0, 0.1) is 10.1 Å². The van der Waals surface area contributed by atoms with Crippen molar-refractivity contribution in [1.82, 2.24) is 0 Å². The molecule has 0 spiro atoms. The molecule has 8 heteroatoms. The van der Waals surface area contributed by atoms with Crippen LogP contribution in [0.25, 0.3) is 0 Å². The quantitative estimate of drug-likeness (QED) is 0.344. The number of rotatable bonds is 5. The number of ketones is 1. The van der Waals surface area contributed by atoms with Crippen molar-refractivity contribution in [2.24, 2.45) is 0 Å². The Hall–Kier alpha value is -3.22. The Morgan fingerprint density at radius 1 is 0.893 bits per heavy atom. The number of hydrogen-bond donors (Lipinski definition) is 1. The maximum atomic E-state index is 12.9. The van der Waals surface area contributed by atoms with E-state index in [0.717, 1.165) is 6.07 Å². The molecule has 0 aliphatic carbocycles. The number of halogens is 2. The fraction of sp³-hybridized carbons (Fsp3) is 0. The van der Waals surface area contributed by atoms with E-state index >= 15 is 0 Å². The number of hydrogen-bond acceptors (Lipinski definition) is 4. The number of nitrogens with zero attached hydrogens (tertiary/aromatic N) is 1. The zero-order valence-corrected chi connectivity index (χ0v) is 15.7. The summed E-state index contributed by atoms with van der Waals surface area (Å²) in [6.45, 7) is 0. The molecule has 0 aromatic heterocycles. The van der Waals surface area contributed by atoms with Gasteiger partial charge in [0.25, 0.3) is 11.6 Å². The first-order chi connectivity index (χ1) is 13.4. The average molecular weight is 415 g/mol. The molecule has 0 fully saturated rings. The van der Waals surface area contributed by atoms with E-state index in [0.29, 0.717) is 5.56 Å². The van der Waals surface area contributed by atoms with Gasteiger partial charge in [-0.15, -0.1) is 0 Å². The van der Waals surface area contributed by atoms with Crippen molar-refractivity contribution in [3.63, 3.8) is 0 Å². The van der Waals surface area contributed by atoms with Crippen molar-refractivity contribution in [2.45, 2.75) is 0 Å². The van der Waals surface area contributed by atoms with Crippen molar-refractivity contribution < 1.29 is 14.5 Å². The third-order valence-corrected chi connectivity index (χ3v) is 4.76. The van der Waals surface area contributed by atoms with Gasteiger partial charge >= 0.3 is 0 Å². The number of nitro benzene ring substituents is 1. The molecule has 0 heterocycles. The summed E-state index contributed by atoms with van der Waals surface area (Å²) in [5, 5.41) is 14.0. The Balaban J connectivity index is 2.03. The fourth-order valence-electron chi connectivity index (χ4n) is 2.56. The molecule has 3 aromatic rings. The Kier molecular flexibility index (Phi) is 5.73. The topological polar surface area (TPSA) is 89.3 Å². The molecule has 0 aliphatic rings. The highest BCUT2D eigenvalue weighted by atomic mass is 35.5. The van der Waals surface area contributed by atoms with Crippen LogP contribution in [0.2, 0.25) is 10.0 Å². The lowest BCUT2D eigenvalue weighted by Gasteiger charge is -2.12. The molecule has 28 heavy (non-hydrogen) atoms. The Labute approximate surface area is 169 Å². The number of nitrogens with one attached hydrogen (secondary N) is 1. The van der Waals surface area contributed by atoms with Gasteiger partial charge in [-0.1, -0.05) is 59.6 Å². The lowest BCUT2D eigenvalue weighted by molar-refractivity contribution is -0.384. The largest absolute Gasteiger partial charge is 0.321 e. The predicted molar refractivity (Wildman–Crippen MR) is 107 cm³/mol. The first kappa shape index (κ1) is 19.5. The number of carbonyl (C=O) groups excluding carboxylic acids is 2. The molecule has 0 saturated carbocycles. The van der Waals surface area contributed by atoms with Crippen LogP contribution in [0.4, 0.5) is 11.4 Å². The Bertz CT molecular complexity index is 1080. The maximum Gasteiger partial charge on any atom is 0.270 e. The Morgan fingerprint density at radius 3 is 2.29 bits per heavy atom. The van der Waals surface area contributed by atoms with Crippen LogP contribution >= 0.6 is 23.2 Å². The lowest BCUT2D eigenvalue weighted by atomic mass is 10.0. The van der Waals surface area contributed by atoms with Gasteiger partial charge in [-0.3, -0.25) is 19.7 Å². The molecule has 0 saturated heterocycles. The van der Waals surface area contributed by atoms with E-state index in [-0.39, 0.29) is 32.5 Å². The standard InChI is InChI=1S/C20H12Cl2N2O4/c21-16-8-4-7-14(18(16)22)20(26)23-17-10-9-13(24(27)28)11-15(17)19(25)12-5-2-1-3-6-12/h1-11H,(H,23,26). The summed E-state index contributed by atoms with van der Waals surface area (Å²) in [5.41, 5.74) is 0.301. The highest BCUT2D eigenvalue weighted by Crippen LogP contribution is 2.28. The molecule has 1 N–H and O–H groups in total. The van der Waals surface area contributed by atoms with Crippen molar-refractivity contribution >= 4 is 46.3 Å². The zero-order valence-electron chi connectivity index (χ0n) is 14.2. The molecule has 0 bridgehead atoms. The third kappa shape index (κ3) is 4.03. The molecule has 0 unspecified atom stereocenters. The van der Waals surface area contributed by atoms with Crippen molar-refractivity contribution in [3.05, 3.63) is 104 Å². The van der Waals surface area contributed by atoms with E-state index in [4.69, 9.17) is 23.2 Å². The molecular formula is C20H12Cl2N2O4. The van der Waals surface area contributed by atoms with Crippen molar-refractivity contribution in [3.8, 4) is 0 Å². The Morgan fingerprint density at radius 2 is 1.61 bits per heavy atom. The molecule has 140 valence electrons. The minimum atomic E-state index is -0.610. The van der Waals surface area contributed by atoms with Crippen LogP contribution in [0.3, 0.4) is 0 Å². The molecular weight excluding hydrogens is 403 g/mol. The van der Waals surface area contributed by atoms with E-state index in [2.05, 4.69) is 5.32 Å². The van der Waals surface area contributed by atoms with Gasteiger partial charge < -0.3 is 5.32 Å². The van der Waals surface area contributed by atoms with E-state index in [1.807, 2.05) is 0 Å². The fourth-order valence-corrected chi connectivity index (χ4v) is 2.94. The lowest BCUT2D eigenvalue weighted by Crippen LogP contribution is -2.16. The number of amides is 1. The minimum absolute atomic E-state index is 0.00750. The van der Waals surface area contributed by atoms with E-state index in [9.17, 15) is 19.7 Å². The van der Waals surface area contributed by atoms with Crippen molar-refractivity contribution in [2.75, 3.05) is 5.32 Å².